The van der Waals surface area contributed by atoms with Gasteiger partial charge in [0.1, 0.15) is 0 Å². The van der Waals surface area contributed by atoms with Gasteiger partial charge >= 0.3 is 33.0 Å². The maximum absolute atomic E-state index is 10.7. The SMILES string of the molecule is CC(C)(C)c1cccc(C(C)(C)C)[nH+]1.F[P-](F)(F)(F)(F)F. The predicted octanol–water partition coefficient (Wildman–Crippen LogP) is 6.48. The van der Waals surface area contributed by atoms with Crippen molar-refractivity contribution >= 4 is 7.81 Å². The Balaban J connectivity index is 0.000000486. The fourth-order valence-corrected chi connectivity index (χ4v) is 1.34. The van der Waals surface area contributed by atoms with Crippen LogP contribution in [0.4, 0.5) is 25.2 Å². The summed E-state index contributed by atoms with van der Waals surface area (Å²) in [6, 6.07) is 6.46. The first kappa shape index (κ1) is 20.2. The van der Waals surface area contributed by atoms with E-state index in [-0.39, 0.29) is 10.8 Å². The molecule has 0 atom stereocenters. The molecule has 0 spiro atoms. The number of rotatable bonds is 0. The van der Waals surface area contributed by atoms with Gasteiger partial charge < -0.3 is 0 Å². The number of H-pyrrole nitrogens is 1. The molecular weight excluding hydrogens is 315 g/mol. The summed E-state index contributed by atoms with van der Waals surface area (Å²) in [7, 11) is -10.7. The van der Waals surface area contributed by atoms with E-state index in [0.29, 0.717) is 0 Å². The fourth-order valence-electron chi connectivity index (χ4n) is 1.34. The normalized spacial score (nSPS) is 16.4. The molecule has 21 heavy (non-hydrogen) atoms. The number of pyridine rings is 1. The first-order chi connectivity index (χ1) is 8.66. The molecule has 1 heterocycles. The first-order valence-corrected chi connectivity index (χ1v) is 8.29. The molecule has 1 aromatic heterocycles. The Labute approximate surface area is 121 Å². The molecule has 1 rings (SSSR count). The van der Waals surface area contributed by atoms with Gasteiger partial charge in [0.05, 0.1) is 0 Å². The van der Waals surface area contributed by atoms with Crippen molar-refractivity contribution in [3.8, 4) is 0 Å². The molecule has 1 N–H and O–H groups in total. The van der Waals surface area contributed by atoms with E-state index in [1.165, 1.54) is 11.4 Å². The van der Waals surface area contributed by atoms with Gasteiger partial charge in [-0.15, -0.1) is 0 Å². The predicted molar refractivity (Wildman–Crippen MR) is 74.0 cm³/mol. The summed E-state index contributed by atoms with van der Waals surface area (Å²) in [4.78, 5) is 3.52. The fraction of sp³-hybridized carbons (Fsp3) is 0.615. The Bertz CT molecular complexity index is 452. The van der Waals surface area contributed by atoms with Gasteiger partial charge in [0.25, 0.3) is 0 Å². The molecule has 0 aromatic carbocycles. The van der Waals surface area contributed by atoms with E-state index in [2.05, 4.69) is 64.7 Å². The number of aromatic amines is 1. The van der Waals surface area contributed by atoms with Crippen LogP contribution in [0.25, 0.3) is 0 Å². The number of nitrogens with one attached hydrogen (secondary N) is 1. The molecular formula is C13H22F6NP. The van der Waals surface area contributed by atoms with Crippen molar-refractivity contribution in [1.82, 2.24) is 0 Å². The molecule has 0 fully saturated rings. The van der Waals surface area contributed by atoms with E-state index >= 15 is 0 Å². The summed E-state index contributed by atoms with van der Waals surface area (Å²) < 4.78 is 59.2. The quantitative estimate of drug-likeness (QED) is 0.380. The summed E-state index contributed by atoms with van der Waals surface area (Å²) in [5.74, 6) is 0. The van der Waals surface area contributed by atoms with Crippen LogP contribution in [0, 0.1) is 0 Å². The molecule has 8 heteroatoms. The number of aromatic nitrogens is 1. The summed E-state index contributed by atoms with van der Waals surface area (Å²) >= 11 is 0. The summed E-state index contributed by atoms with van der Waals surface area (Å²) in [6.45, 7) is 13.4. The Hall–Kier alpha value is -0.840. The van der Waals surface area contributed by atoms with Gasteiger partial charge in [0.2, 0.25) is 0 Å². The van der Waals surface area contributed by atoms with Crippen LogP contribution in [-0.2, 0) is 10.8 Å². The van der Waals surface area contributed by atoms with Gasteiger partial charge in [-0.1, -0.05) is 41.5 Å². The van der Waals surface area contributed by atoms with Crippen molar-refractivity contribution in [2.24, 2.45) is 0 Å². The van der Waals surface area contributed by atoms with Crippen LogP contribution in [0.1, 0.15) is 52.9 Å². The molecule has 0 bridgehead atoms. The van der Waals surface area contributed by atoms with E-state index in [0.717, 1.165) is 0 Å². The molecule has 0 aliphatic heterocycles. The Morgan fingerprint density at radius 3 is 1.14 bits per heavy atom. The topological polar surface area (TPSA) is 14.1 Å². The molecule has 1 nitrogen and oxygen atoms in total. The molecule has 1 aromatic rings. The van der Waals surface area contributed by atoms with E-state index in [4.69, 9.17) is 0 Å². The van der Waals surface area contributed by atoms with Gasteiger partial charge in [-0.05, 0) is 6.07 Å². The van der Waals surface area contributed by atoms with E-state index in [1.807, 2.05) is 0 Å². The Morgan fingerprint density at radius 2 is 0.952 bits per heavy atom. The van der Waals surface area contributed by atoms with Crippen LogP contribution in [0.5, 0.6) is 0 Å². The molecule has 0 radical (unpaired) electrons. The van der Waals surface area contributed by atoms with Crippen LogP contribution in [0.2, 0.25) is 0 Å². The summed E-state index contributed by atoms with van der Waals surface area (Å²) in [5, 5.41) is 0. The van der Waals surface area contributed by atoms with Crippen LogP contribution < -0.4 is 4.98 Å². The number of hydrogen-bond donors (Lipinski definition) is 0. The van der Waals surface area contributed by atoms with E-state index < -0.39 is 7.81 Å². The number of hydrogen-bond acceptors (Lipinski definition) is 0. The van der Waals surface area contributed by atoms with Crippen LogP contribution >= 0.6 is 7.81 Å². The van der Waals surface area contributed by atoms with Gasteiger partial charge in [0, 0.05) is 23.0 Å². The molecule has 0 amide bonds. The number of halogens is 6. The van der Waals surface area contributed by atoms with Crippen molar-refractivity contribution < 1.29 is 30.2 Å². The van der Waals surface area contributed by atoms with Crippen molar-refractivity contribution in [3.63, 3.8) is 0 Å². The minimum absolute atomic E-state index is 0.196. The summed E-state index contributed by atoms with van der Waals surface area (Å²) in [6.07, 6.45) is 0. The standard InChI is InChI=1S/C13H21N.F6P/c1-12(2,3)10-8-7-9-11(14-10)13(4,5)6;1-7(2,3,4,5)6/h7-9H,1-6H3;/q;-1/p+1. The summed E-state index contributed by atoms with van der Waals surface area (Å²) in [5.41, 5.74) is 2.98. The Kier molecular flexibility index (Phi) is 4.64. The van der Waals surface area contributed by atoms with Crippen molar-refractivity contribution in [2.75, 3.05) is 0 Å². The molecule has 0 aliphatic rings. The minimum atomic E-state index is -10.7. The third kappa shape index (κ3) is 12.6. The molecule has 0 saturated carbocycles. The third-order valence-corrected chi connectivity index (χ3v) is 2.41. The van der Waals surface area contributed by atoms with Crippen LogP contribution in [0.3, 0.4) is 0 Å². The zero-order chi connectivity index (χ0) is 17.4. The first-order valence-electron chi connectivity index (χ1n) is 6.26. The molecule has 126 valence electrons. The van der Waals surface area contributed by atoms with Gasteiger partial charge in [0.15, 0.2) is 11.4 Å². The average molecular weight is 337 g/mol. The van der Waals surface area contributed by atoms with E-state index in [9.17, 15) is 25.2 Å². The van der Waals surface area contributed by atoms with E-state index in [1.54, 1.807) is 0 Å². The van der Waals surface area contributed by atoms with Crippen LogP contribution in [-0.4, -0.2) is 0 Å². The second-order valence-electron chi connectivity index (χ2n) is 6.94. The Morgan fingerprint density at radius 1 is 0.714 bits per heavy atom. The zero-order valence-electron chi connectivity index (χ0n) is 12.9. The van der Waals surface area contributed by atoms with Crippen molar-refractivity contribution in [2.45, 2.75) is 52.4 Å². The van der Waals surface area contributed by atoms with Gasteiger partial charge in [-0.2, -0.15) is 0 Å². The molecule has 0 aliphatic carbocycles. The zero-order valence-corrected chi connectivity index (χ0v) is 13.8. The average Bonchev–Trinajstić information content (AvgIpc) is 2.10. The monoisotopic (exact) mass is 337 g/mol. The molecule has 0 saturated heterocycles. The van der Waals surface area contributed by atoms with Crippen molar-refractivity contribution in [1.29, 1.82) is 0 Å². The second-order valence-corrected chi connectivity index (χ2v) is 8.85. The van der Waals surface area contributed by atoms with Crippen LogP contribution in [0.15, 0.2) is 18.2 Å². The van der Waals surface area contributed by atoms with Crippen molar-refractivity contribution in [3.05, 3.63) is 29.6 Å². The van der Waals surface area contributed by atoms with Gasteiger partial charge in [-0.3, -0.25) is 0 Å². The third-order valence-electron chi connectivity index (χ3n) is 2.41. The molecule has 0 unspecified atom stereocenters. The maximum atomic E-state index is 9.87. The van der Waals surface area contributed by atoms with Gasteiger partial charge in [-0.25, -0.2) is 4.98 Å². The second kappa shape index (κ2) is 4.83.